The molecular weight excluding hydrogens is 346 g/mol. The molecule has 0 aromatic heterocycles. The molecule has 0 radical (unpaired) electrons. The summed E-state index contributed by atoms with van der Waals surface area (Å²) in [6.07, 6.45) is -0.929. The summed E-state index contributed by atoms with van der Waals surface area (Å²) in [6.45, 7) is 5.73. The third kappa shape index (κ3) is 5.23. The third-order valence-corrected chi connectivity index (χ3v) is 4.23. The van der Waals surface area contributed by atoms with Crippen molar-refractivity contribution in [1.82, 2.24) is 5.32 Å². The predicted octanol–water partition coefficient (Wildman–Crippen LogP) is 3.18. The molecule has 1 amide bonds. The van der Waals surface area contributed by atoms with Gasteiger partial charge in [-0.3, -0.25) is 4.79 Å². The van der Waals surface area contributed by atoms with Gasteiger partial charge in [-0.2, -0.15) is 0 Å². The molecule has 1 atom stereocenters. The molecule has 0 fully saturated rings. The lowest BCUT2D eigenvalue weighted by molar-refractivity contribution is -0.129. The summed E-state index contributed by atoms with van der Waals surface area (Å²) in [6, 6.07) is 11.0. The first-order valence-corrected chi connectivity index (χ1v) is 8.62. The number of benzene rings is 2. The van der Waals surface area contributed by atoms with Crippen LogP contribution in [0.3, 0.4) is 0 Å². The molecular formula is C21H25NO5. The molecule has 6 heteroatoms. The Bertz CT molecular complexity index is 789. The van der Waals surface area contributed by atoms with Crippen molar-refractivity contribution < 1.29 is 23.8 Å². The number of carbonyl (C=O) groups excluding carboxylic acids is 2. The predicted molar refractivity (Wildman–Crippen MR) is 102 cm³/mol. The van der Waals surface area contributed by atoms with Gasteiger partial charge in [0, 0.05) is 12.1 Å². The molecule has 27 heavy (non-hydrogen) atoms. The molecule has 0 saturated heterocycles. The van der Waals surface area contributed by atoms with Crippen molar-refractivity contribution in [1.29, 1.82) is 0 Å². The number of aryl methyl sites for hydroxylation is 1. The van der Waals surface area contributed by atoms with Gasteiger partial charge in [-0.25, -0.2) is 4.79 Å². The first-order chi connectivity index (χ1) is 12.8. The second kappa shape index (κ2) is 9.07. The standard InChI is InChI=1S/C21H25NO5/c1-13-6-8-16(9-7-13)12-22-20(23)15(3)27-21(24)17-10-18(25-4)14(2)19(11-17)26-5/h6-11,15H,12H2,1-5H3,(H,22,23). The molecule has 2 aromatic carbocycles. The number of carbonyl (C=O) groups is 2. The fourth-order valence-electron chi connectivity index (χ4n) is 2.52. The topological polar surface area (TPSA) is 73.9 Å². The van der Waals surface area contributed by atoms with Crippen molar-refractivity contribution in [3.05, 3.63) is 58.7 Å². The zero-order chi connectivity index (χ0) is 20.0. The van der Waals surface area contributed by atoms with Crippen LogP contribution < -0.4 is 14.8 Å². The Kier molecular flexibility index (Phi) is 6.82. The minimum Gasteiger partial charge on any atom is -0.496 e. The minimum atomic E-state index is -0.929. The van der Waals surface area contributed by atoms with Crippen LogP contribution >= 0.6 is 0 Å². The number of nitrogens with one attached hydrogen (secondary N) is 1. The molecule has 6 nitrogen and oxygen atoms in total. The van der Waals surface area contributed by atoms with E-state index in [0.717, 1.165) is 16.7 Å². The molecule has 144 valence electrons. The van der Waals surface area contributed by atoms with Crippen LogP contribution in [0.25, 0.3) is 0 Å². The molecule has 0 spiro atoms. The number of amides is 1. The average molecular weight is 371 g/mol. The van der Waals surface area contributed by atoms with Crippen LogP contribution in [0.5, 0.6) is 11.5 Å². The highest BCUT2D eigenvalue weighted by Crippen LogP contribution is 2.29. The Balaban J connectivity index is 1.99. The van der Waals surface area contributed by atoms with E-state index in [9.17, 15) is 9.59 Å². The molecule has 2 rings (SSSR count). The van der Waals surface area contributed by atoms with Gasteiger partial charge >= 0.3 is 5.97 Å². The normalized spacial score (nSPS) is 11.4. The van der Waals surface area contributed by atoms with Crippen LogP contribution in [0.4, 0.5) is 0 Å². The van der Waals surface area contributed by atoms with Crippen LogP contribution in [0.1, 0.15) is 34.0 Å². The maximum absolute atomic E-state index is 12.4. The van der Waals surface area contributed by atoms with Crippen molar-refractivity contribution in [2.45, 2.75) is 33.4 Å². The Morgan fingerprint density at radius 2 is 1.56 bits per heavy atom. The van der Waals surface area contributed by atoms with E-state index in [2.05, 4.69) is 5.32 Å². The van der Waals surface area contributed by atoms with E-state index in [1.807, 2.05) is 38.1 Å². The summed E-state index contributed by atoms with van der Waals surface area (Å²) >= 11 is 0. The van der Waals surface area contributed by atoms with Gasteiger partial charge in [-0.15, -0.1) is 0 Å². The lowest BCUT2D eigenvalue weighted by Crippen LogP contribution is -2.35. The summed E-state index contributed by atoms with van der Waals surface area (Å²) < 4.78 is 15.8. The van der Waals surface area contributed by atoms with Gasteiger partial charge < -0.3 is 19.5 Å². The molecule has 0 aliphatic rings. The quantitative estimate of drug-likeness (QED) is 0.757. The Morgan fingerprint density at radius 3 is 2.07 bits per heavy atom. The molecule has 0 aliphatic heterocycles. The summed E-state index contributed by atoms with van der Waals surface area (Å²) in [5.41, 5.74) is 3.16. The second-order valence-corrected chi connectivity index (χ2v) is 6.26. The van der Waals surface area contributed by atoms with Crippen LogP contribution in [0.15, 0.2) is 36.4 Å². The molecule has 0 heterocycles. The molecule has 0 saturated carbocycles. The van der Waals surface area contributed by atoms with Crippen LogP contribution in [0, 0.1) is 13.8 Å². The highest BCUT2D eigenvalue weighted by atomic mass is 16.5. The molecule has 1 unspecified atom stereocenters. The Morgan fingerprint density at radius 1 is 1.00 bits per heavy atom. The molecule has 2 aromatic rings. The smallest absolute Gasteiger partial charge is 0.339 e. The molecule has 0 aliphatic carbocycles. The van der Waals surface area contributed by atoms with E-state index < -0.39 is 12.1 Å². The molecule has 1 N–H and O–H groups in total. The summed E-state index contributed by atoms with van der Waals surface area (Å²) in [7, 11) is 3.02. The largest absolute Gasteiger partial charge is 0.496 e. The van der Waals surface area contributed by atoms with Gasteiger partial charge in [0.05, 0.1) is 19.8 Å². The monoisotopic (exact) mass is 371 g/mol. The van der Waals surface area contributed by atoms with Crippen molar-refractivity contribution in [2.24, 2.45) is 0 Å². The van der Waals surface area contributed by atoms with E-state index >= 15 is 0 Å². The number of rotatable bonds is 7. The maximum Gasteiger partial charge on any atom is 0.339 e. The lowest BCUT2D eigenvalue weighted by Gasteiger charge is -2.15. The lowest BCUT2D eigenvalue weighted by atomic mass is 10.1. The maximum atomic E-state index is 12.4. The zero-order valence-corrected chi connectivity index (χ0v) is 16.3. The van der Waals surface area contributed by atoms with E-state index in [1.54, 1.807) is 12.1 Å². The average Bonchev–Trinajstić information content (AvgIpc) is 2.67. The van der Waals surface area contributed by atoms with Crippen molar-refractivity contribution in [3.63, 3.8) is 0 Å². The van der Waals surface area contributed by atoms with Gasteiger partial charge in [0.15, 0.2) is 6.10 Å². The zero-order valence-electron chi connectivity index (χ0n) is 16.3. The number of ether oxygens (including phenoxy) is 3. The Labute approximate surface area is 159 Å². The number of hydrogen-bond acceptors (Lipinski definition) is 5. The van der Waals surface area contributed by atoms with E-state index in [4.69, 9.17) is 14.2 Å². The SMILES string of the molecule is COc1cc(C(=O)OC(C)C(=O)NCc2ccc(C)cc2)cc(OC)c1C. The van der Waals surface area contributed by atoms with Gasteiger partial charge in [-0.05, 0) is 38.5 Å². The number of methoxy groups -OCH3 is 2. The van der Waals surface area contributed by atoms with Crippen molar-refractivity contribution in [3.8, 4) is 11.5 Å². The third-order valence-electron chi connectivity index (χ3n) is 4.23. The van der Waals surface area contributed by atoms with E-state index in [-0.39, 0.29) is 11.5 Å². The Hall–Kier alpha value is -3.02. The molecule has 0 bridgehead atoms. The van der Waals surface area contributed by atoms with Gasteiger partial charge in [0.1, 0.15) is 11.5 Å². The highest BCUT2D eigenvalue weighted by molar-refractivity contribution is 5.93. The van der Waals surface area contributed by atoms with Crippen molar-refractivity contribution >= 4 is 11.9 Å². The van der Waals surface area contributed by atoms with Gasteiger partial charge in [-0.1, -0.05) is 29.8 Å². The highest BCUT2D eigenvalue weighted by Gasteiger charge is 2.21. The summed E-state index contributed by atoms with van der Waals surface area (Å²) in [5.74, 6) is 0.0371. The fraction of sp³-hybridized carbons (Fsp3) is 0.333. The first kappa shape index (κ1) is 20.3. The fourth-order valence-corrected chi connectivity index (χ4v) is 2.52. The first-order valence-electron chi connectivity index (χ1n) is 8.62. The van der Waals surface area contributed by atoms with Crippen LogP contribution in [-0.4, -0.2) is 32.2 Å². The van der Waals surface area contributed by atoms with E-state index in [0.29, 0.717) is 18.0 Å². The van der Waals surface area contributed by atoms with E-state index in [1.165, 1.54) is 21.1 Å². The minimum absolute atomic E-state index is 0.257. The summed E-state index contributed by atoms with van der Waals surface area (Å²) in [5, 5.41) is 2.76. The van der Waals surface area contributed by atoms with Crippen LogP contribution in [0.2, 0.25) is 0 Å². The number of hydrogen-bond donors (Lipinski definition) is 1. The van der Waals surface area contributed by atoms with Crippen molar-refractivity contribution in [2.75, 3.05) is 14.2 Å². The summed E-state index contributed by atoms with van der Waals surface area (Å²) in [4.78, 5) is 24.6. The van der Waals surface area contributed by atoms with Crippen LogP contribution in [-0.2, 0) is 16.1 Å². The second-order valence-electron chi connectivity index (χ2n) is 6.26. The number of esters is 1. The van der Waals surface area contributed by atoms with Gasteiger partial charge in [0.2, 0.25) is 0 Å². The van der Waals surface area contributed by atoms with Gasteiger partial charge in [0.25, 0.3) is 5.91 Å².